The number of amides is 1. The summed E-state index contributed by atoms with van der Waals surface area (Å²) in [7, 11) is 0. The average Bonchev–Trinajstić information content (AvgIpc) is 3.42. The van der Waals surface area contributed by atoms with Crippen LogP contribution in [-0.2, 0) is 0 Å². The summed E-state index contributed by atoms with van der Waals surface area (Å²) in [5.74, 6) is 0.377. The summed E-state index contributed by atoms with van der Waals surface area (Å²) in [4.78, 5) is 27.2. The average molecular weight is 447 g/mol. The first kappa shape index (κ1) is 20.0. The first-order valence-electron chi connectivity index (χ1n) is 9.80. The Morgan fingerprint density at radius 2 is 1.88 bits per heavy atom. The normalized spacial score (nSPS) is 11.2. The van der Waals surface area contributed by atoms with Gasteiger partial charge in [-0.25, -0.2) is 24.0 Å². The quantitative estimate of drug-likeness (QED) is 0.442. The molecule has 4 heterocycles. The molecule has 1 N–H and O–H groups in total. The summed E-state index contributed by atoms with van der Waals surface area (Å²) in [6, 6.07) is 9.79. The number of anilines is 1. The lowest BCUT2D eigenvalue weighted by Crippen LogP contribution is -2.14. The molecule has 8 nitrogen and oxygen atoms in total. The van der Waals surface area contributed by atoms with Gasteiger partial charge in [0.2, 0.25) is 0 Å². The Kier molecular flexibility index (Phi) is 4.78. The van der Waals surface area contributed by atoms with Crippen molar-refractivity contribution in [2.75, 3.05) is 5.32 Å². The van der Waals surface area contributed by atoms with Gasteiger partial charge in [-0.2, -0.15) is 5.10 Å². The molecule has 0 aliphatic carbocycles. The van der Waals surface area contributed by atoms with Crippen molar-refractivity contribution in [3.63, 3.8) is 0 Å². The molecular formula is C22H18FN7OS. The van der Waals surface area contributed by atoms with E-state index in [0.29, 0.717) is 21.5 Å². The summed E-state index contributed by atoms with van der Waals surface area (Å²) in [6.07, 6.45) is 3.24. The number of carbonyl (C=O) groups is 1. The topological polar surface area (TPSA) is 90.0 Å². The monoisotopic (exact) mass is 447 g/mol. The molecule has 160 valence electrons. The second-order valence-electron chi connectivity index (χ2n) is 7.36. The number of imidazole rings is 1. The summed E-state index contributed by atoms with van der Waals surface area (Å²) >= 11 is 1.28. The molecule has 5 aromatic rings. The lowest BCUT2D eigenvalue weighted by atomic mass is 10.2. The van der Waals surface area contributed by atoms with Crippen molar-refractivity contribution < 1.29 is 9.18 Å². The number of aryl methyl sites for hydroxylation is 3. The zero-order valence-electron chi connectivity index (χ0n) is 17.5. The molecule has 0 unspecified atom stereocenters. The number of nitrogens with one attached hydrogen (secondary N) is 1. The van der Waals surface area contributed by atoms with E-state index in [1.807, 2.05) is 37.4 Å². The van der Waals surface area contributed by atoms with Crippen LogP contribution in [0.1, 0.15) is 26.8 Å². The second-order valence-corrected chi connectivity index (χ2v) is 8.33. The highest BCUT2D eigenvalue weighted by atomic mass is 32.1. The zero-order chi connectivity index (χ0) is 22.4. The number of thiazole rings is 1. The SMILES string of the molecule is Cc1cc(C)n(-c2cc(NC(=O)c3sc4nc(-c5ccc(F)cc5)cn4c3C)ncn2)n1. The van der Waals surface area contributed by atoms with Crippen LogP contribution in [0.15, 0.2) is 48.9 Å². The van der Waals surface area contributed by atoms with Gasteiger partial charge in [-0.15, -0.1) is 0 Å². The molecule has 0 aliphatic heterocycles. The zero-order valence-corrected chi connectivity index (χ0v) is 18.3. The number of nitrogens with zero attached hydrogens (tertiary/aromatic N) is 6. The minimum atomic E-state index is -0.296. The van der Waals surface area contributed by atoms with Gasteiger partial charge in [0.25, 0.3) is 5.91 Å². The van der Waals surface area contributed by atoms with Gasteiger partial charge in [-0.3, -0.25) is 9.20 Å². The highest BCUT2D eigenvalue weighted by Crippen LogP contribution is 2.28. The van der Waals surface area contributed by atoms with E-state index in [1.165, 1.54) is 29.8 Å². The van der Waals surface area contributed by atoms with Crippen LogP contribution in [0.4, 0.5) is 10.2 Å². The third kappa shape index (κ3) is 3.54. The Balaban J connectivity index is 1.41. The van der Waals surface area contributed by atoms with Gasteiger partial charge in [0.15, 0.2) is 10.8 Å². The van der Waals surface area contributed by atoms with E-state index in [4.69, 9.17) is 0 Å². The first-order valence-corrected chi connectivity index (χ1v) is 10.6. The number of carbonyl (C=O) groups excluding carboxylic acids is 1. The molecule has 5 rings (SSSR count). The van der Waals surface area contributed by atoms with Crippen molar-refractivity contribution >= 4 is 28.0 Å². The van der Waals surface area contributed by atoms with Crippen molar-refractivity contribution in [3.05, 3.63) is 76.7 Å². The van der Waals surface area contributed by atoms with Crippen LogP contribution in [0.3, 0.4) is 0 Å². The number of halogens is 1. The Labute approximate surface area is 186 Å². The van der Waals surface area contributed by atoms with Crippen molar-refractivity contribution in [2.24, 2.45) is 0 Å². The third-order valence-electron chi connectivity index (χ3n) is 5.02. The van der Waals surface area contributed by atoms with E-state index in [2.05, 4.69) is 25.4 Å². The van der Waals surface area contributed by atoms with E-state index < -0.39 is 0 Å². The third-order valence-corrected chi connectivity index (χ3v) is 6.18. The van der Waals surface area contributed by atoms with Crippen molar-refractivity contribution in [3.8, 4) is 17.1 Å². The molecule has 32 heavy (non-hydrogen) atoms. The van der Waals surface area contributed by atoms with Crippen LogP contribution in [0.5, 0.6) is 0 Å². The second kappa shape index (κ2) is 7.65. The van der Waals surface area contributed by atoms with E-state index in [9.17, 15) is 9.18 Å². The number of aromatic nitrogens is 6. The Morgan fingerprint density at radius 1 is 1.09 bits per heavy atom. The van der Waals surface area contributed by atoms with Crippen molar-refractivity contribution in [1.82, 2.24) is 29.1 Å². The highest BCUT2D eigenvalue weighted by molar-refractivity contribution is 7.19. The van der Waals surface area contributed by atoms with Gasteiger partial charge in [0.1, 0.15) is 22.8 Å². The van der Waals surface area contributed by atoms with E-state index in [1.54, 1.807) is 22.9 Å². The molecule has 0 saturated heterocycles. The molecule has 0 spiro atoms. The molecule has 1 amide bonds. The van der Waals surface area contributed by atoms with Gasteiger partial charge >= 0.3 is 0 Å². The fraction of sp³-hybridized carbons (Fsp3) is 0.136. The summed E-state index contributed by atoms with van der Waals surface area (Å²) < 4.78 is 16.8. The molecular weight excluding hydrogens is 429 g/mol. The molecule has 0 radical (unpaired) electrons. The predicted octanol–water partition coefficient (Wildman–Crippen LogP) is 4.36. The van der Waals surface area contributed by atoms with Gasteiger partial charge in [-0.05, 0) is 51.1 Å². The highest BCUT2D eigenvalue weighted by Gasteiger charge is 2.19. The fourth-order valence-electron chi connectivity index (χ4n) is 3.49. The first-order chi connectivity index (χ1) is 15.4. The van der Waals surface area contributed by atoms with Gasteiger partial charge in [-0.1, -0.05) is 11.3 Å². The van der Waals surface area contributed by atoms with E-state index >= 15 is 0 Å². The van der Waals surface area contributed by atoms with Gasteiger partial charge < -0.3 is 5.32 Å². The molecule has 4 aromatic heterocycles. The number of benzene rings is 1. The van der Waals surface area contributed by atoms with Gasteiger partial charge in [0, 0.05) is 29.2 Å². The van der Waals surface area contributed by atoms with Crippen molar-refractivity contribution in [1.29, 1.82) is 0 Å². The molecule has 0 atom stereocenters. The molecule has 10 heteroatoms. The van der Waals surface area contributed by atoms with Crippen LogP contribution in [0, 0.1) is 26.6 Å². The Morgan fingerprint density at radius 3 is 2.56 bits per heavy atom. The molecule has 0 saturated carbocycles. The van der Waals surface area contributed by atoms with Crippen LogP contribution < -0.4 is 5.32 Å². The number of fused-ring (bicyclic) bond motifs is 1. The maximum Gasteiger partial charge on any atom is 0.268 e. The maximum absolute atomic E-state index is 13.2. The molecule has 0 bridgehead atoms. The Bertz CT molecular complexity index is 1470. The summed E-state index contributed by atoms with van der Waals surface area (Å²) in [5, 5.41) is 7.25. The largest absolute Gasteiger partial charge is 0.306 e. The minimum Gasteiger partial charge on any atom is -0.306 e. The maximum atomic E-state index is 13.2. The molecule has 0 aliphatic rings. The number of rotatable bonds is 4. The van der Waals surface area contributed by atoms with Crippen LogP contribution in [0.2, 0.25) is 0 Å². The smallest absolute Gasteiger partial charge is 0.268 e. The molecule has 1 aromatic carbocycles. The standard InChI is InChI=1S/C22H18FN7OS/c1-12-8-13(2)30(28-12)19-9-18(24-11-25-19)27-21(31)20-14(3)29-10-17(26-22(29)32-20)15-4-6-16(23)7-5-15/h4-11H,1-3H3,(H,24,25,27,31). The number of hydrogen-bond acceptors (Lipinski definition) is 6. The van der Waals surface area contributed by atoms with Crippen LogP contribution >= 0.6 is 11.3 Å². The van der Waals surface area contributed by atoms with Crippen molar-refractivity contribution in [2.45, 2.75) is 20.8 Å². The van der Waals surface area contributed by atoms with Gasteiger partial charge in [0.05, 0.1) is 11.4 Å². The molecule has 0 fully saturated rings. The Hall–Kier alpha value is -3.92. The van der Waals surface area contributed by atoms with E-state index in [-0.39, 0.29) is 11.7 Å². The fourth-order valence-corrected chi connectivity index (χ4v) is 4.49. The number of hydrogen-bond donors (Lipinski definition) is 1. The summed E-state index contributed by atoms with van der Waals surface area (Å²) in [6.45, 7) is 5.70. The summed E-state index contributed by atoms with van der Waals surface area (Å²) in [5.41, 5.74) is 4.10. The van der Waals surface area contributed by atoms with E-state index in [0.717, 1.165) is 28.3 Å². The lowest BCUT2D eigenvalue weighted by molar-refractivity contribution is 0.102. The predicted molar refractivity (Wildman–Crippen MR) is 120 cm³/mol. The lowest BCUT2D eigenvalue weighted by Gasteiger charge is -2.07. The minimum absolute atomic E-state index is 0.278. The van der Waals surface area contributed by atoms with Crippen LogP contribution in [0.25, 0.3) is 22.0 Å². The van der Waals surface area contributed by atoms with Crippen LogP contribution in [-0.4, -0.2) is 35.0 Å².